The van der Waals surface area contributed by atoms with Gasteiger partial charge in [0.25, 0.3) is 0 Å². The lowest BCUT2D eigenvalue weighted by molar-refractivity contribution is -0.00626. The second kappa shape index (κ2) is 9.41. The maximum Gasteiger partial charge on any atom is 0.187 e. The normalized spacial score (nSPS) is 21.2. The van der Waals surface area contributed by atoms with Gasteiger partial charge in [-0.2, -0.15) is 0 Å². The van der Waals surface area contributed by atoms with Crippen molar-refractivity contribution in [2.45, 2.75) is 36.7 Å². The minimum absolute atomic E-state index is 0.199. The largest absolute Gasteiger partial charge is 0.390 e. The summed E-state index contributed by atoms with van der Waals surface area (Å²) in [5.41, 5.74) is 2.19. The number of aliphatic hydroxyl groups excluding tert-OH is 1. The van der Waals surface area contributed by atoms with Crippen molar-refractivity contribution in [3.63, 3.8) is 0 Å². The third-order valence-corrected chi connectivity index (χ3v) is 5.49. The van der Waals surface area contributed by atoms with Crippen molar-refractivity contribution in [3.8, 4) is 0 Å². The van der Waals surface area contributed by atoms with Crippen LogP contribution in [0.4, 0.5) is 0 Å². The van der Waals surface area contributed by atoms with Crippen LogP contribution in [0.15, 0.2) is 41.9 Å². The van der Waals surface area contributed by atoms with Crippen LogP contribution in [0.25, 0.3) is 0 Å². The summed E-state index contributed by atoms with van der Waals surface area (Å²) >= 11 is 1.54. The molecule has 7 heteroatoms. The number of piperidine rings is 1. The van der Waals surface area contributed by atoms with Crippen molar-refractivity contribution in [2.24, 2.45) is 0 Å². The smallest absolute Gasteiger partial charge is 0.187 e. The molecule has 2 aromatic heterocycles. The summed E-state index contributed by atoms with van der Waals surface area (Å²) in [7, 11) is 2.10. The molecule has 26 heavy (non-hydrogen) atoms. The molecular weight excluding hydrogens is 346 g/mol. The minimum atomic E-state index is -0.344. The Hall–Kier alpha value is -1.54. The Balaban J connectivity index is 1.47. The fraction of sp³-hybridized carbons (Fsp3) is 0.526. The molecule has 0 saturated carbocycles. The maximum absolute atomic E-state index is 10.6. The Kier molecular flexibility index (Phi) is 6.96. The van der Waals surface area contributed by atoms with Gasteiger partial charge in [0.1, 0.15) is 0 Å². The van der Waals surface area contributed by atoms with E-state index in [9.17, 15) is 5.11 Å². The molecule has 0 unspecified atom stereocenters. The van der Waals surface area contributed by atoms with Gasteiger partial charge in [-0.1, -0.05) is 17.8 Å². The molecule has 0 aliphatic carbocycles. The highest BCUT2D eigenvalue weighted by Gasteiger charge is 2.30. The first kappa shape index (κ1) is 19.2. The van der Waals surface area contributed by atoms with E-state index in [0.29, 0.717) is 6.54 Å². The second-order valence-electron chi connectivity index (χ2n) is 6.79. The molecule has 3 heterocycles. The monoisotopic (exact) mass is 373 g/mol. The van der Waals surface area contributed by atoms with Gasteiger partial charge < -0.3 is 10.0 Å². The van der Waals surface area contributed by atoms with Crippen molar-refractivity contribution in [1.82, 2.24) is 24.8 Å². The van der Waals surface area contributed by atoms with E-state index in [2.05, 4.69) is 37.9 Å². The Morgan fingerprint density at radius 2 is 2.08 bits per heavy atom. The van der Waals surface area contributed by atoms with Crippen LogP contribution in [-0.2, 0) is 13.0 Å². The number of hydrogen-bond acceptors (Lipinski definition) is 7. The first-order valence-electron chi connectivity index (χ1n) is 9.01. The predicted octanol–water partition coefficient (Wildman–Crippen LogP) is 1.70. The number of pyridine rings is 1. The van der Waals surface area contributed by atoms with E-state index in [1.807, 2.05) is 37.0 Å². The summed E-state index contributed by atoms with van der Waals surface area (Å²) in [5, 5.41) is 11.4. The molecule has 0 aromatic carbocycles. The maximum atomic E-state index is 10.6. The summed E-state index contributed by atoms with van der Waals surface area (Å²) in [6.07, 6.45) is 9.10. The average Bonchev–Trinajstić information content (AvgIpc) is 2.68. The predicted molar refractivity (Wildman–Crippen MR) is 104 cm³/mol. The zero-order valence-corrected chi connectivity index (χ0v) is 16.3. The summed E-state index contributed by atoms with van der Waals surface area (Å²) < 4.78 is 0. The van der Waals surface area contributed by atoms with Crippen LogP contribution < -0.4 is 0 Å². The first-order valence-corrected chi connectivity index (χ1v) is 10.2. The number of nitrogens with zero attached hydrogens (tertiary/aromatic N) is 5. The van der Waals surface area contributed by atoms with Gasteiger partial charge in [-0.3, -0.25) is 9.88 Å². The molecule has 0 amide bonds. The summed E-state index contributed by atoms with van der Waals surface area (Å²) in [5.74, 6) is 0. The van der Waals surface area contributed by atoms with Crippen molar-refractivity contribution >= 4 is 11.8 Å². The molecular formula is C19H27N5OS. The zero-order chi connectivity index (χ0) is 18.4. The van der Waals surface area contributed by atoms with Crippen molar-refractivity contribution < 1.29 is 5.11 Å². The molecule has 2 atom stereocenters. The highest BCUT2D eigenvalue weighted by atomic mass is 32.2. The third-order valence-electron chi connectivity index (χ3n) is 4.91. The third kappa shape index (κ3) is 5.23. The lowest BCUT2D eigenvalue weighted by Crippen LogP contribution is -2.53. The van der Waals surface area contributed by atoms with Crippen molar-refractivity contribution in [3.05, 3.63) is 48.0 Å². The van der Waals surface area contributed by atoms with E-state index in [4.69, 9.17) is 0 Å². The SMILES string of the molecule is CSc1ncc(CN2CC[C@@H](N(C)CCc3ccccn3)[C@H](O)C2)cn1. The van der Waals surface area contributed by atoms with Gasteiger partial charge in [0, 0.05) is 68.5 Å². The molecule has 2 aromatic rings. The quantitative estimate of drug-likeness (QED) is 0.585. The fourth-order valence-corrected chi connectivity index (χ4v) is 3.75. The van der Waals surface area contributed by atoms with Crippen LogP contribution in [0.2, 0.25) is 0 Å². The molecule has 1 aliphatic rings. The van der Waals surface area contributed by atoms with Crippen LogP contribution in [0.5, 0.6) is 0 Å². The molecule has 0 spiro atoms. The number of thioether (sulfide) groups is 1. The van der Waals surface area contributed by atoms with Gasteiger partial charge in [-0.25, -0.2) is 9.97 Å². The number of hydrogen-bond donors (Lipinski definition) is 1. The molecule has 0 bridgehead atoms. The van der Waals surface area contributed by atoms with Crippen LogP contribution in [0.1, 0.15) is 17.7 Å². The van der Waals surface area contributed by atoms with Crippen LogP contribution >= 0.6 is 11.8 Å². The lowest BCUT2D eigenvalue weighted by Gasteiger charge is -2.40. The highest BCUT2D eigenvalue weighted by molar-refractivity contribution is 7.98. The molecule has 140 valence electrons. The number of likely N-dealkylation sites (tertiary alicyclic amines) is 1. The van der Waals surface area contributed by atoms with E-state index in [1.54, 1.807) is 11.8 Å². The number of likely N-dealkylation sites (N-methyl/N-ethyl adjacent to an activating group) is 1. The van der Waals surface area contributed by atoms with Gasteiger partial charge >= 0.3 is 0 Å². The summed E-state index contributed by atoms with van der Waals surface area (Å²) in [6, 6.07) is 6.21. The lowest BCUT2D eigenvalue weighted by atomic mass is 9.99. The van der Waals surface area contributed by atoms with Gasteiger partial charge in [-0.05, 0) is 31.9 Å². The first-order chi connectivity index (χ1) is 12.7. The topological polar surface area (TPSA) is 65.4 Å². The van der Waals surface area contributed by atoms with E-state index in [-0.39, 0.29) is 12.1 Å². The number of aliphatic hydroxyl groups is 1. The van der Waals surface area contributed by atoms with E-state index in [0.717, 1.165) is 48.9 Å². The minimum Gasteiger partial charge on any atom is -0.390 e. The van der Waals surface area contributed by atoms with Gasteiger partial charge in [-0.15, -0.1) is 0 Å². The molecule has 1 N–H and O–H groups in total. The van der Waals surface area contributed by atoms with Crippen LogP contribution in [0, 0.1) is 0 Å². The van der Waals surface area contributed by atoms with Crippen LogP contribution in [-0.4, -0.2) is 74.9 Å². The average molecular weight is 374 g/mol. The standard InChI is InChI=1S/C19H27N5OS/c1-23(9-6-16-5-3-4-8-20-16)17-7-10-24(14-18(17)25)13-15-11-21-19(26-2)22-12-15/h3-5,8,11-12,17-18,25H,6-7,9-10,13-14H2,1-2H3/t17-,18-/m1/s1. The van der Waals surface area contributed by atoms with E-state index in [1.165, 1.54) is 0 Å². The second-order valence-corrected chi connectivity index (χ2v) is 7.56. The van der Waals surface area contributed by atoms with Crippen LogP contribution in [0.3, 0.4) is 0 Å². The molecule has 1 saturated heterocycles. The summed E-state index contributed by atoms with van der Waals surface area (Å²) in [6.45, 7) is 3.35. The molecule has 1 aliphatic heterocycles. The van der Waals surface area contributed by atoms with Gasteiger partial charge in [0.2, 0.25) is 0 Å². The van der Waals surface area contributed by atoms with E-state index >= 15 is 0 Å². The highest BCUT2D eigenvalue weighted by Crippen LogP contribution is 2.18. The molecule has 3 rings (SSSR count). The fourth-order valence-electron chi connectivity index (χ4n) is 3.43. The van der Waals surface area contributed by atoms with Crippen molar-refractivity contribution in [2.75, 3.05) is 32.9 Å². The number of β-amino-alcohol motifs (C(OH)–C–C–N with tert-alkyl or cyclic N) is 1. The number of aromatic nitrogens is 3. The zero-order valence-electron chi connectivity index (χ0n) is 15.5. The summed E-state index contributed by atoms with van der Waals surface area (Å²) in [4.78, 5) is 17.6. The molecule has 1 fully saturated rings. The Morgan fingerprint density at radius 3 is 2.73 bits per heavy atom. The van der Waals surface area contributed by atoms with Crippen molar-refractivity contribution in [1.29, 1.82) is 0 Å². The number of rotatable bonds is 7. The van der Waals surface area contributed by atoms with E-state index < -0.39 is 0 Å². The molecule has 6 nitrogen and oxygen atoms in total. The Labute approximate surface area is 159 Å². The van der Waals surface area contributed by atoms with Gasteiger partial charge in [0.15, 0.2) is 5.16 Å². The molecule has 0 radical (unpaired) electrons. The van der Waals surface area contributed by atoms with Gasteiger partial charge in [0.05, 0.1) is 6.10 Å². The Morgan fingerprint density at radius 1 is 1.27 bits per heavy atom. The Bertz CT molecular complexity index is 669.